The molecule has 0 bridgehead atoms. The Kier molecular flexibility index (Phi) is 8.42. The highest BCUT2D eigenvalue weighted by molar-refractivity contribution is 9.10. The number of fused-ring (bicyclic) bond motifs is 2. The second-order valence-electron chi connectivity index (χ2n) is 10.9. The van der Waals surface area contributed by atoms with E-state index in [2.05, 4.69) is 51.0 Å². The van der Waals surface area contributed by atoms with E-state index in [0.717, 1.165) is 20.9 Å². The highest BCUT2D eigenvalue weighted by Crippen LogP contribution is 2.36. The van der Waals surface area contributed by atoms with Crippen molar-refractivity contribution in [3.05, 3.63) is 131 Å². The Labute approximate surface area is 267 Å². The quantitative estimate of drug-likeness (QED) is 0.181. The van der Waals surface area contributed by atoms with Crippen molar-refractivity contribution in [3.8, 4) is 5.75 Å². The minimum Gasteiger partial charge on any atom is -0.491 e. The maximum Gasteiger partial charge on any atom is 0.338 e. The molecule has 0 radical (unpaired) electrons. The van der Waals surface area contributed by atoms with Crippen LogP contribution >= 0.6 is 27.3 Å². The van der Waals surface area contributed by atoms with Crippen molar-refractivity contribution in [1.82, 2.24) is 9.13 Å². The summed E-state index contributed by atoms with van der Waals surface area (Å²) in [5.74, 6) is 0.109. The van der Waals surface area contributed by atoms with Gasteiger partial charge in [-0.05, 0) is 63.6 Å². The summed E-state index contributed by atoms with van der Waals surface area (Å²) in [5.41, 5.74) is 4.51. The molecular weight excluding hydrogens is 638 g/mol. The van der Waals surface area contributed by atoms with Gasteiger partial charge in [-0.3, -0.25) is 9.36 Å². The predicted molar refractivity (Wildman–Crippen MR) is 178 cm³/mol. The van der Waals surface area contributed by atoms with E-state index in [-0.39, 0.29) is 18.3 Å². The van der Waals surface area contributed by atoms with Crippen LogP contribution in [0.3, 0.4) is 0 Å². The summed E-state index contributed by atoms with van der Waals surface area (Å²) in [6, 6.07) is 23.2. The second-order valence-corrected chi connectivity index (χ2v) is 12.8. The molecule has 1 aliphatic rings. The minimum absolute atomic E-state index is 0.0992. The lowest BCUT2D eigenvalue weighted by Crippen LogP contribution is -2.40. The molecule has 0 unspecified atom stereocenters. The Bertz CT molecular complexity index is 2090. The molecule has 1 atom stereocenters. The topological polar surface area (TPSA) is 74.8 Å². The molecule has 2 aromatic heterocycles. The zero-order valence-corrected chi connectivity index (χ0v) is 27.3. The lowest BCUT2D eigenvalue weighted by Gasteiger charge is -2.26. The maximum absolute atomic E-state index is 14.3. The van der Waals surface area contributed by atoms with Crippen LogP contribution in [0.1, 0.15) is 50.4 Å². The van der Waals surface area contributed by atoms with Crippen LogP contribution in [-0.2, 0) is 16.1 Å². The molecule has 3 aromatic carbocycles. The van der Waals surface area contributed by atoms with Gasteiger partial charge in [0.15, 0.2) is 4.80 Å². The molecule has 0 saturated carbocycles. The number of halogens is 1. The zero-order valence-electron chi connectivity index (χ0n) is 24.9. The van der Waals surface area contributed by atoms with Gasteiger partial charge >= 0.3 is 5.97 Å². The molecule has 224 valence electrons. The number of aromatic nitrogens is 2. The number of carbonyl (C=O) groups excluding carboxylic acids is 1. The second kappa shape index (κ2) is 12.4. The van der Waals surface area contributed by atoms with Crippen molar-refractivity contribution in [2.24, 2.45) is 4.99 Å². The number of hydrogen-bond donors (Lipinski definition) is 0. The molecule has 0 spiro atoms. The average molecular weight is 671 g/mol. The Balaban J connectivity index is 1.53. The van der Waals surface area contributed by atoms with Gasteiger partial charge in [-0.2, -0.15) is 0 Å². The number of allylic oxidation sites excluding steroid dienone is 1. The number of esters is 1. The highest BCUT2D eigenvalue weighted by Gasteiger charge is 2.35. The molecule has 44 heavy (non-hydrogen) atoms. The molecule has 6 rings (SSSR count). The number of carbonyl (C=O) groups is 1. The smallest absolute Gasteiger partial charge is 0.338 e. The number of para-hydroxylation sites is 2. The summed E-state index contributed by atoms with van der Waals surface area (Å²) >= 11 is 4.83. The van der Waals surface area contributed by atoms with Crippen molar-refractivity contribution < 1.29 is 14.3 Å². The minimum atomic E-state index is -0.749. The Morgan fingerprint density at radius 3 is 2.55 bits per heavy atom. The summed E-state index contributed by atoms with van der Waals surface area (Å²) in [5, 5.41) is 1.05. The molecule has 0 saturated heterocycles. The summed E-state index contributed by atoms with van der Waals surface area (Å²) in [4.78, 5) is 32.9. The van der Waals surface area contributed by atoms with Gasteiger partial charge in [-0.15, -0.1) is 0 Å². The van der Waals surface area contributed by atoms with Crippen LogP contribution in [0.15, 0.2) is 105 Å². The van der Waals surface area contributed by atoms with Crippen LogP contribution in [0.4, 0.5) is 0 Å². The van der Waals surface area contributed by atoms with Crippen LogP contribution in [0.2, 0.25) is 0 Å². The summed E-state index contributed by atoms with van der Waals surface area (Å²) in [7, 11) is 0. The monoisotopic (exact) mass is 669 g/mol. The highest BCUT2D eigenvalue weighted by atomic mass is 79.9. The van der Waals surface area contributed by atoms with E-state index in [1.54, 1.807) is 18.4 Å². The van der Waals surface area contributed by atoms with Crippen LogP contribution in [-0.4, -0.2) is 27.8 Å². The molecule has 0 aliphatic carbocycles. The molecule has 3 heterocycles. The third-order valence-corrected chi connectivity index (χ3v) is 8.98. The fourth-order valence-electron chi connectivity index (χ4n) is 5.60. The third kappa shape index (κ3) is 5.69. The van der Waals surface area contributed by atoms with E-state index in [1.165, 1.54) is 16.9 Å². The SMILES string of the molecule is CCOC(=O)C1=C(C)N=c2s/c(=C\c3cn(Cc4ccc(Br)cc4)c4ccccc34)c(=O)n2[C@H]1c1ccccc1OC(C)C. The van der Waals surface area contributed by atoms with Gasteiger partial charge < -0.3 is 14.0 Å². The van der Waals surface area contributed by atoms with Gasteiger partial charge in [-0.1, -0.05) is 75.8 Å². The first-order chi connectivity index (χ1) is 21.2. The van der Waals surface area contributed by atoms with Gasteiger partial charge in [0.1, 0.15) is 11.8 Å². The maximum atomic E-state index is 14.3. The van der Waals surface area contributed by atoms with Gasteiger partial charge in [0.2, 0.25) is 0 Å². The van der Waals surface area contributed by atoms with Crippen molar-refractivity contribution in [2.45, 2.75) is 46.4 Å². The lowest BCUT2D eigenvalue weighted by molar-refractivity contribution is -0.139. The largest absolute Gasteiger partial charge is 0.491 e. The van der Waals surface area contributed by atoms with E-state index in [1.807, 2.05) is 68.5 Å². The first-order valence-electron chi connectivity index (χ1n) is 14.5. The molecule has 0 N–H and O–H groups in total. The van der Waals surface area contributed by atoms with Gasteiger partial charge in [0.25, 0.3) is 5.56 Å². The zero-order chi connectivity index (χ0) is 31.0. The van der Waals surface area contributed by atoms with E-state index in [0.29, 0.717) is 38.5 Å². The first kappa shape index (κ1) is 29.8. The standard InChI is InChI=1S/C35H32BrN3O4S/c1-5-42-34(41)31-22(4)37-35-39(32(31)27-11-7-9-13-29(27)43-21(2)3)33(40)30(44-35)18-24-20-38(28-12-8-6-10-26(24)28)19-23-14-16-25(36)17-15-23/h6-18,20-21,32H,5,19H2,1-4H3/b30-18-/t32-/m0/s1. The van der Waals surface area contributed by atoms with Crippen molar-refractivity contribution in [2.75, 3.05) is 6.61 Å². The summed E-state index contributed by atoms with van der Waals surface area (Å²) < 4.78 is 17.0. The van der Waals surface area contributed by atoms with Crippen molar-refractivity contribution >= 4 is 50.2 Å². The predicted octanol–water partition coefficient (Wildman–Crippen LogP) is 6.35. The molecule has 5 aromatic rings. The number of hydrogen-bond acceptors (Lipinski definition) is 6. The van der Waals surface area contributed by atoms with E-state index >= 15 is 0 Å². The lowest BCUT2D eigenvalue weighted by atomic mass is 9.95. The Morgan fingerprint density at radius 2 is 1.80 bits per heavy atom. The molecular formula is C35H32BrN3O4S. The Morgan fingerprint density at radius 1 is 1.07 bits per heavy atom. The van der Waals surface area contributed by atoms with Crippen molar-refractivity contribution in [3.63, 3.8) is 0 Å². The van der Waals surface area contributed by atoms with E-state index in [9.17, 15) is 9.59 Å². The number of rotatable bonds is 8. The van der Waals surface area contributed by atoms with Crippen LogP contribution < -0.4 is 19.6 Å². The average Bonchev–Trinajstić information content (AvgIpc) is 3.50. The van der Waals surface area contributed by atoms with Gasteiger partial charge in [-0.25, -0.2) is 9.79 Å². The number of thiazole rings is 1. The molecule has 0 fully saturated rings. The molecule has 7 nitrogen and oxygen atoms in total. The third-order valence-electron chi connectivity index (χ3n) is 7.47. The van der Waals surface area contributed by atoms with Crippen LogP contribution in [0.5, 0.6) is 5.75 Å². The van der Waals surface area contributed by atoms with Crippen LogP contribution in [0.25, 0.3) is 17.0 Å². The first-order valence-corrected chi connectivity index (χ1v) is 16.1. The van der Waals surface area contributed by atoms with Gasteiger partial charge in [0, 0.05) is 39.2 Å². The Hall–Kier alpha value is -4.21. The summed E-state index contributed by atoms with van der Waals surface area (Å²) in [6.07, 6.45) is 3.92. The van der Waals surface area contributed by atoms with Crippen LogP contribution in [0, 0.1) is 0 Å². The normalized spacial score (nSPS) is 15.0. The summed E-state index contributed by atoms with van der Waals surface area (Å²) in [6.45, 7) is 8.35. The fourth-order valence-corrected chi connectivity index (χ4v) is 6.90. The van der Waals surface area contributed by atoms with Gasteiger partial charge in [0.05, 0.1) is 28.5 Å². The van der Waals surface area contributed by atoms with E-state index < -0.39 is 12.0 Å². The van der Waals surface area contributed by atoms with E-state index in [4.69, 9.17) is 14.5 Å². The number of ether oxygens (including phenoxy) is 2. The molecule has 9 heteroatoms. The number of benzene rings is 3. The van der Waals surface area contributed by atoms with Crippen molar-refractivity contribution in [1.29, 1.82) is 0 Å². The fraction of sp³-hybridized carbons (Fsp3) is 0.229. The number of nitrogens with zero attached hydrogens (tertiary/aromatic N) is 3. The molecule has 0 amide bonds. The molecule has 1 aliphatic heterocycles.